The molecule has 1 fully saturated rings. The SMILES string of the molecule is CCOC(=O)c1cnn2c(-c3cccc(NC(=O)c4ccc(CN5CCCCC5)o4)c3)ccnc12. The average Bonchev–Trinajstić information content (AvgIpc) is 3.52. The number of esters is 1. The Kier molecular flexibility index (Phi) is 6.58. The average molecular weight is 474 g/mol. The molecule has 0 saturated carbocycles. The number of fused-ring (bicyclic) bond motifs is 1. The Morgan fingerprint density at radius 3 is 2.80 bits per heavy atom. The number of piperidine rings is 1. The van der Waals surface area contributed by atoms with Gasteiger partial charge in [0, 0.05) is 17.4 Å². The van der Waals surface area contributed by atoms with Gasteiger partial charge in [0.25, 0.3) is 5.91 Å². The molecule has 1 aliphatic rings. The van der Waals surface area contributed by atoms with E-state index in [9.17, 15) is 9.59 Å². The minimum atomic E-state index is -0.466. The largest absolute Gasteiger partial charge is 0.462 e. The fourth-order valence-electron chi connectivity index (χ4n) is 4.33. The highest BCUT2D eigenvalue weighted by molar-refractivity contribution is 6.02. The molecule has 1 aromatic carbocycles. The number of carbonyl (C=O) groups is 2. The molecule has 1 N–H and O–H groups in total. The maximum Gasteiger partial charge on any atom is 0.343 e. The van der Waals surface area contributed by atoms with Gasteiger partial charge in [-0.1, -0.05) is 18.6 Å². The van der Waals surface area contributed by atoms with E-state index >= 15 is 0 Å². The summed E-state index contributed by atoms with van der Waals surface area (Å²) in [6.07, 6.45) is 6.76. The molecule has 1 saturated heterocycles. The molecule has 0 unspecified atom stereocenters. The lowest BCUT2D eigenvalue weighted by molar-refractivity contribution is 0.0528. The summed E-state index contributed by atoms with van der Waals surface area (Å²) >= 11 is 0. The van der Waals surface area contributed by atoms with Crippen molar-refractivity contribution in [3.8, 4) is 11.3 Å². The number of rotatable bonds is 7. The molecule has 4 aromatic rings. The van der Waals surface area contributed by atoms with Gasteiger partial charge in [0.15, 0.2) is 11.4 Å². The van der Waals surface area contributed by atoms with Crippen molar-refractivity contribution in [1.29, 1.82) is 0 Å². The van der Waals surface area contributed by atoms with Crippen molar-refractivity contribution in [3.63, 3.8) is 0 Å². The number of benzene rings is 1. The molecule has 35 heavy (non-hydrogen) atoms. The topological polar surface area (TPSA) is 102 Å². The van der Waals surface area contributed by atoms with Gasteiger partial charge in [-0.25, -0.2) is 14.3 Å². The summed E-state index contributed by atoms with van der Waals surface area (Å²) in [6, 6.07) is 12.8. The van der Waals surface area contributed by atoms with Gasteiger partial charge >= 0.3 is 5.97 Å². The third-order valence-electron chi connectivity index (χ3n) is 6.03. The van der Waals surface area contributed by atoms with Gasteiger partial charge in [-0.15, -0.1) is 0 Å². The summed E-state index contributed by atoms with van der Waals surface area (Å²) in [5.41, 5.74) is 2.86. The number of likely N-dealkylation sites (tertiary alicyclic amines) is 1. The highest BCUT2D eigenvalue weighted by Gasteiger charge is 2.18. The molecule has 1 aliphatic heterocycles. The van der Waals surface area contributed by atoms with E-state index in [0.717, 1.165) is 36.7 Å². The molecule has 0 radical (unpaired) electrons. The number of carbonyl (C=O) groups excluding carboxylic acids is 2. The lowest BCUT2D eigenvalue weighted by Crippen LogP contribution is -2.28. The molecule has 0 atom stereocenters. The van der Waals surface area contributed by atoms with Gasteiger partial charge in [0.05, 0.1) is 25.0 Å². The number of amides is 1. The van der Waals surface area contributed by atoms with Crippen molar-refractivity contribution in [3.05, 3.63) is 71.9 Å². The summed E-state index contributed by atoms with van der Waals surface area (Å²) in [7, 11) is 0. The van der Waals surface area contributed by atoms with Crippen LogP contribution < -0.4 is 5.32 Å². The molecule has 0 aliphatic carbocycles. The molecule has 180 valence electrons. The maximum absolute atomic E-state index is 12.8. The molecule has 0 spiro atoms. The van der Waals surface area contributed by atoms with Crippen LogP contribution in [-0.2, 0) is 11.3 Å². The second-order valence-corrected chi connectivity index (χ2v) is 8.48. The molecular formula is C26H27N5O4. The predicted molar refractivity (Wildman–Crippen MR) is 130 cm³/mol. The van der Waals surface area contributed by atoms with Crippen LogP contribution in [0.5, 0.6) is 0 Å². The molecule has 4 heterocycles. The van der Waals surface area contributed by atoms with Crippen molar-refractivity contribution in [2.45, 2.75) is 32.7 Å². The molecule has 0 bridgehead atoms. The normalized spacial score (nSPS) is 14.2. The Labute approximate surface area is 202 Å². The highest BCUT2D eigenvalue weighted by Crippen LogP contribution is 2.25. The number of anilines is 1. The lowest BCUT2D eigenvalue weighted by Gasteiger charge is -2.25. The zero-order valence-electron chi connectivity index (χ0n) is 19.6. The number of nitrogens with one attached hydrogen (secondary N) is 1. The summed E-state index contributed by atoms with van der Waals surface area (Å²) in [5, 5.41) is 7.24. The van der Waals surface area contributed by atoms with Gasteiger partial charge in [0.1, 0.15) is 11.3 Å². The van der Waals surface area contributed by atoms with Crippen LogP contribution in [-0.4, -0.2) is 51.1 Å². The summed E-state index contributed by atoms with van der Waals surface area (Å²) in [4.78, 5) is 31.7. The van der Waals surface area contributed by atoms with Crippen molar-refractivity contribution in [1.82, 2.24) is 19.5 Å². The lowest BCUT2D eigenvalue weighted by atomic mass is 10.1. The smallest absolute Gasteiger partial charge is 0.343 e. The van der Waals surface area contributed by atoms with Crippen molar-refractivity contribution in [2.75, 3.05) is 25.0 Å². The number of aromatic nitrogens is 3. The number of hydrogen-bond acceptors (Lipinski definition) is 7. The van der Waals surface area contributed by atoms with Crippen LogP contribution in [0.1, 0.15) is 52.9 Å². The Bertz CT molecular complexity index is 1350. The van der Waals surface area contributed by atoms with E-state index < -0.39 is 5.97 Å². The van der Waals surface area contributed by atoms with E-state index in [1.165, 1.54) is 25.5 Å². The summed E-state index contributed by atoms with van der Waals surface area (Å²) in [5.74, 6) is 0.294. The van der Waals surface area contributed by atoms with E-state index in [1.807, 2.05) is 30.3 Å². The Hall–Kier alpha value is -3.98. The third kappa shape index (κ3) is 4.95. The summed E-state index contributed by atoms with van der Waals surface area (Å²) in [6.45, 7) is 4.87. The van der Waals surface area contributed by atoms with Gasteiger partial charge < -0.3 is 14.5 Å². The van der Waals surface area contributed by atoms with Gasteiger partial charge in [-0.05, 0) is 63.2 Å². The monoisotopic (exact) mass is 473 g/mol. The standard InChI is InChI=1S/C26H27N5O4/c1-2-34-26(33)21-16-28-31-22(11-12-27-24(21)31)18-7-6-8-19(15-18)29-25(32)23-10-9-20(35-23)17-30-13-4-3-5-14-30/h6-12,15-16H,2-5,13-14,17H2,1H3,(H,29,32). The first-order chi connectivity index (χ1) is 17.1. The van der Waals surface area contributed by atoms with Crippen LogP contribution in [0.4, 0.5) is 5.69 Å². The first-order valence-corrected chi connectivity index (χ1v) is 11.8. The predicted octanol–water partition coefficient (Wildman–Crippen LogP) is 4.40. The first-order valence-electron chi connectivity index (χ1n) is 11.8. The first kappa shape index (κ1) is 22.8. The van der Waals surface area contributed by atoms with E-state index in [-0.39, 0.29) is 18.3 Å². The van der Waals surface area contributed by atoms with Gasteiger partial charge in [-0.3, -0.25) is 9.69 Å². The fourth-order valence-corrected chi connectivity index (χ4v) is 4.33. The van der Waals surface area contributed by atoms with Gasteiger partial charge in [0.2, 0.25) is 0 Å². The molecule has 3 aromatic heterocycles. The number of furan rings is 1. The van der Waals surface area contributed by atoms with E-state index in [1.54, 1.807) is 29.8 Å². The van der Waals surface area contributed by atoms with Crippen molar-refractivity contribution >= 4 is 23.2 Å². The van der Waals surface area contributed by atoms with E-state index in [0.29, 0.717) is 16.9 Å². The Morgan fingerprint density at radius 2 is 1.97 bits per heavy atom. The number of hydrogen-bond donors (Lipinski definition) is 1. The maximum atomic E-state index is 12.8. The van der Waals surface area contributed by atoms with Crippen molar-refractivity contribution in [2.24, 2.45) is 0 Å². The van der Waals surface area contributed by atoms with Gasteiger partial charge in [-0.2, -0.15) is 5.10 Å². The number of ether oxygens (including phenoxy) is 1. The van der Waals surface area contributed by atoms with E-state index in [4.69, 9.17) is 9.15 Å². The minimum Gasteiger partial charge on any atom is -0.462 e. The summed E-state index contributed by atoms with van der Waals surface area (Å²) < 4.78 is 12.5. The zero-order valence-corrected chi connectivity index (χ0v) is 19.6. The molecule has 9 heteroatoms. The van der Waals surface area contributed by atoms with Crippen LogP contribution in [0.25, 0.3) is 16.9 Å². The third-order valence-corrected chi connectivity index (χ3v) is 6.03. The second kappa shape index (κ2) is 10.1. The Balaban J connectivity index is 1.33. The molecule has 5 rings (SSSR count). The van der Waals surface area contributed by atoms with E-state index in [2.05, 4.69) is 20.3 Å². The second-order valence-electron chi connectivity index (χ2n) is 8.48. The molecule has 1 amide bonds. The molecule has 9 nitrogen and oxygen atoms in total. The van der Waals surface area contributed by atoms with Crippen LogP contribution in [0.2, 0.25) is 0 Å². The molecular weight excluding hydrogens is 446 g/mol. The van der Waals surface area contributed by atoms with Crippen LogP contribution in [0.3, 0.4) is 0 Å². The zero-order chi connectivity index (χ0) is 24.2. The highest BCUT2D eigenvalue weighted by atomic mass is 16.5. The number of nitrogens with zero attached hydrogens (tertiary/aromatic N) is 4. The fraction of sp³-hybridized carbons (Fsp3) is 0.308. The van der Waals surface area contributed by atoms with Crippen LogP contribution in [0, 0.1) is 0 Å². The minimum absolute atomic E-state index is 0.271. The van der Waals surface area contributed by atoms with Crippen LogP contribution >= 0.6 is 0 Å². The van der Waals surface area contributed by atoms with Crippen molar-refractivity contribution < 1.29 is 18.7 Å². The van der Waals surface area contributed by atoms with Crippen LogP contribution in [0.15, 0.2) is 59.3 Å². The Morgan fingerprint density at radius 1 is 1.11 bits per heavy atom. The quantitative estimate of drug-likeness (QED) is 0.397.